The van der Waals surface area contributed by atoms with Crippen LogP contribution in [0, 0.1) is 10.1 Å². The first-order valence-electron chi connectivity index (χ1n) is 6.26. The molecule has 0 amide bonds. The van der Waals surface area contributed by atoms with E-state index in [4.69, 9.17) is 0 Å². The summed E-state index contributed by atoms with van der Waals surface area (Å²) >= 11 is 3.16. The standard InChI is InChI=1S/C13H19BrN2O3/c1-3-13(4-2,9-17)15-8-10-5-6-11(14)12(7-10)16(18)19/h5-7,15,17H,3-4,8-9H2,1-2H3. The Bertz CT molecular complexity index is 439. The molecule has 0 spiro atoms. The van der Waals surface area contributed by atoms with Gasteiger partial charge in [0.2, 0.25) is 0 Å². The Hall–Kier alpha value is -0.980. The molecule has 0 atom stereocenters. The Balaban J connectivity index is 2.83. The highest BCUT2D eigenvalue weighted by Gasteiger charge is 2.24. The van der Waals surface area contributed by atoms with Crippen molar-refractivity contribution in [2.24, 2.45) is 0 Å². The number of nitro groups is 1. The number of aliphatic hydroxyl groups excluding tert-OH is 1. The molecule has 0 aliphatic carbocycles. The average Bonchev–Trinajstić information content (AvgIpc) is 2.42. The normalized spacial score (nSPS) is 11.6. The van der Waals surface area contributed by atoms with Crippen LogP contribution in [-0.4, -0.2) is 22.2 Å². The van der Waals surface area contributed by atoms with Crippen LogP contribution in [0.15, 0.2) is 22.7 Å². The minimum absolute atomic E-state index is 0.0542. The highest BCUT2D eigenvalue weighted by molar-refractivity contribution is 9.10. The van der Waals surface area contributed by atoms with E-state index < -0.39 is 4.92 Å². The molecule has 0 saturated carbocycles. The zero-order valence-electron chi connectivity index (χ0n) is 11.1. The van der Waals surface area contributed by atoms with Crippen molar-refractivity contribution in [3.63, 3.8) is 0 Å². The number of nitro benzene ring substituents is 1. The molecule has 19 heavy (non-hydrogen) atoms. The molecule has 5 nitrogen and oxygen atoms in total. The maximum atomic E-state index is 10.9. The number of hydrogen-bond donors (Lipinski definition) is 2. The van der Waals surface area contributed by atoms with E-state index in [1.807, 2.05) is 19.9 Å². The Morgan fingerprint density at radius 1 is 1.42 bits per heavy atom. The summed E-state index contributed by atoms with van der Waals surface area (Å²) in [7, 11) is 0. The number of hydrogen-bond acceptors (Lipinski definition) is 4. The van der Waals surface area contributed by atoms with E-state index in [0.717, 1.165) is 18.4 Å². The molecule has 0 heterocycles. The smallest absolute Gasteiger partial charge is 0.283 e. The monoisotopic (exact) mass is 330 g/mol. The Morgan fingerprint density at radius 2 is 2.05 bits per heavy atom. The van der Waals surface area contributed by atoms with E-state index in [2.05, 4.69) is 21.2 Å². The number of benzene rings is 1. The maximum absolute atomic E-state index is 10.9. The summed E-state index contributed by atoms with van der Waals surface area (Å²) in [6, 6.07) is 5.05. The molecular formula is C13H19BrN2O3. The molecule has 0 fully saturated rings. The first-order chi connectivity index (χ1) is 8.98. The molecule has 0 radical (unpaired) electrons. The van der Waals surface area contributed by atoms with E-state index in [9.17, 15) is 15.2 Å². The maximum Gasteiger partial charge on any atom is 0.283 e. The molecule has 1 aromatic rings. The highest BCUT2D eigenvalue weighted by atomic mass is 79.9. The predicted molar refractivity (Wildman–Crippen MR) is 78.0 cm³/mol. The van der Waals surface area contributed by atoms with Crippen molar-refractivity contribution in [1.29, 1.82) is 0 Å². The summed E-state index contributed by atoms with van der Waals surface area (Å²) in [6.45, 7) is 4.57. The summed E-state index contributed by atoms with van der Waals surface area (Å²) < 4.78 is 0.473. The van der Waals surface area contributed by atoms with Crippen molar-refractivity contribution in [2.75, 3.05) is 6.61 Å². The van der Waals surface area contributed by atoms with E-state index in [1.54, 1.807) is 12.1 Å². The number of nitrogens with one attached hydrogen (secondary N) is 1. The van der Waals surface area contributed by atoms with E-state index in [1.165, 1.54) is 0 Å². The minimum atomic E-state index is -0.410. The van der Waals surface area contributed by atoms with Gasteiger partial charge in [0.1, 0.15) is 0 Å². The summed E-state index contributed by atoms with van der Waals surface area (Å²) in [5.41, 5.74) is 0.568. The van der Waals surface area contributed by atoms with Crippen molar-refractivity contribution in [2.45, 2.75) is 38.8 Å². The van der Waals surface area contributed by atoms with Crippen LogP contribution >= 0.6 is 15.9 Å². The van der Waals surface area contributed by atoms with Crippen molar-refractivity contribution in [3.05, 3.63) is 38.3 Å². The van der Waals surface area contributed by atoms with Gasteiger partial charge in [0.25, 0.3) is 5.69 Å². The van der Waals surface area contributed by atoms with E-state index >= 15 is 0 Å². The van der Waals surface area contributed by atoms with Gasteiger partial charge in [-0.25, -0.2) is 0 Å². The zero-order chi connectivity index (χ0) is 14.5. The summed E-state index contributed by atoms with van der Waals surface area (Å²) in [5.74, 6) is 0. The lowest BCUT2D eigenvalue weighted by molar-refractivity contribution is -0.385. The van der Waals surface area contributed by atoms with Crippen molar-refractivity contribution in [3.8, 4) is 0 Å². The molecule has 0 aliphatic heterocycles. The second kappa shape index (κ2) is 6.98. The quantitative estimate of drug-likeness (QED) is 0.595. The molecule has 0 aliphatic rings. The molecule has 2 N–H and O–H groups in total. The van der Waals surface area contributed by atoms with Crippen LogP contribution in [0.1, 0.15) is 32.3 Å². The third-order valence-electron chi connectivity index (χ3n) is 3.53. The lowest BCUT2D eigenvalue weighted by atomic mass is 9.93. The summed E-state index contributed by atoms with van der Waals surface area (Å²) in [6.07, 6.45) is 1.61. The fourth-order valence-corrected chi connectivity index (χ4v) is 2.27. The van der Waals surface area contributed by atoms with E-state index in [-0.39, 0.29) is 17.8 Å². The molecule has 0 bridgehead atoms. The van der Waals surface area contributed by atoms with Gasteiger partial charge in [-0.1, -0.05) is 19.9 Å². The molecular weight excluding hydrogens is 312 g/mol. The molecule has 1 rings (SSSR count). The van der Waals surface area contributed by atoms with Gasteiger partial charge in [-0.15, -0.1) is 0 Å². The Kier molecular flexibility index (Phi) is 5.90. The Labute approximate surface area is 121 Å². The first kappa shape index (κ1) is 16.1. The first-order valence-corrected chi connectivity index (χ1v) is 7.06. The average molecular weight is 331 g/mol. The van der Waals surface area contributed by atoms with E-state index in [0.29, 0.717) is 11.0 Å². The fraction of sp³-hybridized carbons (Fsp3) is 0.538. The summed E-state index contributed by atoms with van der Waals surface area (Å²) in [5, 5.41) is 23.6. The van der Waals surface area contributed by atoms with Gasteiger partial charge in [0.15, 0.2) is 0 Å². The lowest BCUT2D eigenvalue weighted by Crippen LogP contribution is -2.47. The number of aliphatic hydroxyl groups is 1. The third kappa shape index (κ3) is 3.99. The van der Waals surface area contributed by atoms with Crippen LogP contribution in [0.4, 0.5) is 5.69 Å². The fourth-order valence-electron chi connectivity index (χ4n) is 1.88. The van der Waals surface area contributed by atoms with Crippen molar-refractivity contribution >= 4 is 21.6 Å². The second-order valence-electron chi connectivity index (χ2n) is 4.54. The predicted octanol–water partition coefficient (Wildman–Crippen LogP) is 3.00. The largest absolute Gasteiger partial charge is 0.394 e. The van der Waals surface area contributed by atoms with Gasteiger partial charge in [0.05, 0.1) is 16.0 Å². The Morgan fingerprint density at radius 3 is 2.53 bits per heavy atom. The van der Waals surface area contributed by atoms with Gasteiger partial charge in [-0.05, 0) is 40.4 Å². The molecule has 0 saturated heterocycles. The van der Waals surface area contributed by atoms with Crippen LogP contribution in [0.3, 0.4) is 0 Å². The molecule has 106 valence electrons. The van der Waals surface area contributed by atoms with Gasteiger partial charge in [-0.3, -0.25) is 10.1 Å². The van der Waals surface area contributed by atoms with Crippen molar-refractivity contribution < 1.29 is 10.0 Å². The van der Waals surface area contributed by atoms with Crippen molar-refractivity contribution in [1.82, 2.24) is 5.32 Å². The number of rotatable bonds is 7. The number of halogens is 1. The van der Waals surface area contributed by atoms with Crippen LogP contribution in [0.5, 0.6) is 0 Å². The highest BCUT2D eigenvalue weighted by Crippen LogP contribution is 2.26. The van der Waals surface area contributed by atoms with Gasteiger partial charge in [-0.2, -0.15) is 0 Å². The molecule has 0 unspecified atom stereocenters. The lowest BCUT2D eigenvalue weighted by Gasteiger charge is -2.31. The SMILES string of the molecule is CCC(CC)(CO)NCc1ccc(Br)c([N+](=O)[O-])c1. The molecule has 0 aromatic heterocycles. The minimum Gasteiger partial charge on any atom is -0.394 e. The molecule has 6 heteroatoms. The second-order valence-corrected chi connectivity index (χ2v) is 5.40. The van der Waals surface area contributed by atoms with Gasteiger partial charge >= 0.3 is 0 Å². The van der Waals surface area contributed by atoms with Gasteiger partial charge in [0, 0.05) is 18.2 Å². The van der Waals surface area contributed by atoms with Gasteiger partial charge < -0.3 is 10.4 Å². The number of nitrogens with zero attached hydrogens (tertiary/aromatic N) is 1. The third-order valence-corrected chi connectivity index (χ3v) is 4.20. The van der Waals surface area contributed by atoms with Crippen LogP contribution in [0.2, 0.25) is 0 Å². The van der Waals surface area contributed by atoms with Crippen LogP contribution < -0.4 is 5.32 Å². The topological polar surface area (TPSA) is 75.4 Å². The van der Waals surface area contributed by atoms with Crippen LogP contribution in [-0.2, 0) is 6.54 Å². The zero-order valence-corrected chi connectivity index (χ0v) is 12.7. The summed E-state index contributed by atoms with van der Waals surface area (Å²) in [4.78, 5) is 10.4. The van der Waals surface area contributed by atoms with Crippen LogP contribution in [0.25, 0.3) is 0 Å². The molecule has 1 aromatic carbocycles.